The van der Waals surface area contributed by atoms with Gasteiger partial charge in [0, 0.05) is 51.3 Å². The summed E-state index contributed by atoms with van der Waals surface area (Å²) < 4.78 is 11.4. The Bertz CT molecular complexity index is 1900. The number of methoxy groups -OCH3 is 1. The molecule has 4 saturated carbocycles. The Balaban J connectivity index is 1.19. The molecule has 5 aliphatic rings. The normalized spacial score (nSPS) is 23.3. The van der Waals surface area contributed by atoms with Crippen molar-refractivity contribution in [2.75, 3.05) is 19.0 Å². The van der Waals surface area contributed by atoms with E-state index in [-0.39, 0.29) is 28.7 Å². The molecular formula is C38H38N4O5S. The first kappa shape index (κ1) is 30.8. The average molecular weight is 663 g/mol. The van der Waals surface area contributed by atoms with Gasteiger partial charge in [0.05, 0.1) is 13.7 Å². The summed E-state index contributed by atoms with van der Waals surface area (Å²) in [5.74, 6) is 1.26. The minimum absolute atomic E-state index is 0.0394. The molecule has 2 aromatic carbocycles. The highest BCUT2D eigenvalue weighted by atomic mass is 32.1. The molecule has 10 heteroatoms. The van der Waals surface area contributed by atoms with Gasteiger partial charge in [-0.05, 0) is 115 Å². The van der Waals surface area contributed by atoms with Crippen molar-refractivity contribution < 1.29 is 23.9 Å². The van der Waals surface area contributed by atoms with Crippen molar-refractivity contribution in [1.29, 1.82) is 0 Å². The monoisotopic (exact) mass is 662 g/mol. The maximum atomic E-state index is 14.1. The summed E-state index contributed by atoms with van der Waals surface area (Å²) in [6.07, 6.45) is 7.54. The number of thiophene rings is 1. The molecule has 48 heavy (non-hydrogen) atoms. The average Bonchev–Trinajstić information content (AvgIpc) is 3.48. The Hall–Kier alpha value is -4.54. The second kappa shape index (κ2) is 12.2. The Morgan fingerprint density at radius 2 is 1.67 bits per heavy atom. The van der Waals surface area contributed by atoms with Crippen LogP contribution in [0.3, 0.4) is 0 Å². The highest BCUT2D eigenvalue weighted by Crippen LogP contribution is 2.55. The summed E-state index contributed by atoms with van der Waals surface area (Å²) in [4.78, 5) is 46.8. The van der Waals surface area contributed by atoms with E-state index in [0.29, 0.717) is 59.0 Å². The summed E-state index contributed by atoms with van der Waals surface area (Å²) in [7, 11) is 1.28. The lowest BCUT2D eigenvalue weighted by atomic mass is 9.53. The van der Waals surface area contributed by atoms with Crippen LogP contribution in [-0.2, 0) is 17.7 Å². The van der Waals surface area contributed by atoms with E-state index in [1.54, 1.807) is 29.5 Å². The van der Waals surface area contributed by atoms with Crippen molar-refractivity contribution >= 4 is 34.8 Å². The van der Waals surface area contributed by atoms with Crippen molar-refractivity contribution in [2.45, 2.75) is 57.0 Å². The first-order chi connectivity index (χ1) is 23.3. The maximum absolute atomic E-state index is 14.1. The molecule has 0 saturated heterocycles. The number of hydrogen-bond acceptors (Lipinski definition) is 8. The van der Waals surface area contributed by atoms with Gasteiger partial charge in [-0.2, -0.15) is 0 Å². The fraction of sp³-hybridized carbons (Fsp3) is 0.368. The van der Waals surface area contributed by atoms with Gasteiger partial charge in [0.1, 0.15) is 11.4 Å². The van der Waals surface area contributed by atoms with E-state index in [2.05, 4.69) is 21.7 Å². The number of rotatable bonds is 7. The number of anilines is 1. The fourth-order valence-corrected chi connectivity index (χ4v) is 9.85. The van der Waals surface area contributed by atoms with Crippen molar-refractivity contribution in [2.24, 2.45) is 23.5 Å². The molecule has 4 bridgehead atoms. The Morgan fingerprint density at radius 3 is 2.35 bits per heavy atom. The number of pyridine rings is 1. The zero-order valence-corrected chi connectivity index (χ0v) is 27.7. The molecule has 2 amide bonds. The number of nitrogens with one attached hydrogen (secondary N) is 2. The highest BCUT2D eigenvalue weighted by Gasteiger charge is 2.51. The van der Waals surface area contributed by atoms with Gasteiger partial charge >= 0.3 is 5.97 Å². The first-order valence-electron chi connectivity index (χ1n) is 16.7. The molecule has 2 aromatic heterocycles. The maximum Gasteiger partial charge on any atom is 0.357 e. The molecule has 0 radical (unpaired) electrons. The van der Waals surface area contributed by atoms with Crippen LogP contribution in [0.2, 0.25) is 0 Å². The van der Waals surface area contributed by atoms with E-state index >= 15 is 0 Å². The lowest BCUT2D eigenvalue weighted by Crippen LogP contribution is -2.59. The zero-order valence-electron chi connectivity index (χ0n) is 26.8. The third kappa shape index (κ3) is 5.56. The lowest BCUT2D eigenvalue weighted by Gasteiger charge is -2.56. The smallest absolute Gasteiger partial charge is 0.357 e. The molecule has 9 rings (SSSR count). The van der Waals surface area contributed by atoms with E-state index in [9.17, 15) is 14.4 Å². The van der Waals surface area contributed by atoms with Crippen molar-refractivity contribution in [3.63, 3.8) is 0 Å². The Labute approximate surface area is 283 Å². The van der Waals surface area contributed by atoms with Gasteiger partial charge in [-0.3, -0.25) is 9.59 Å². The van der Waals surface area contributed by atoms with Crippen LogP contribution in [0.15, 0.2) is 60.0 Å². The second-order valence-corrected chi connectivity index (χ2v) is 14.8. The Morgan fingerprint density at radius 1 is 0.938 bits per heavy atom. The van der Waals surface area contributed by atoms with Crippen LogP contribution in [-0.4, -0.2) is 42.0 Å². The summed E-state index contributed by atoms with van der Waals surface area (Å²) in [6, 6.07) is 16.4. The zero-order chi connectivity index (χ0) is 33.0. The summed E-state index contributed by atoms with van der Waals surface area (Å²) in [5, 5.41) is 8.41. The molecule has 0 unspecified atom stereocenters. The summed E-state index contributed by atoms with van der Waals surface area (Å²) in [6.45, 7) is 0.868. The molecule has 246 valence electrons. The largest absolute Gasteiger partial charge is 0.493 e. The standard InChI is InChI=1S/C38H38N4O5S/c1-46-37(45)33-27(6-7-31(41-33)36(44)42-38-17-22-12-23(18-38)14-24(13-22)19-38)28-16-32-30(34-25(8-10-47-32)9-11-48-34)15-29(28)35(43)40-26-4-2-21(20-39)3-5-26/h2-7,9,11,15-16,22-24H,8,10,12-14,17-20,39H2,1H3,(H,40,43)(H,42,44). The van der Waals surface area contributed by atoms with Crippen LogP contribution >= 0.6 is 11.3 Å². The number of ether oxygens (including phenoxy) is 2. The molecule has 1 aliphatic heterocycles. The number of hydrogen-bond donors (Lipinski definition) is 3. The highest BCUT2D eigenvalue weighted by molar-refractivity contribution is 7.13. The Kier molecular flexibility index (Phi) is 7.80. The van der Waals surface area contributed by atoms with Crippen LogP contribution in [0.25, 0.3) is 21.6 Å². The van der Waals surface area contributed by atoms with Gasteiger partial charge in [0.2, 0.25) is 0 Å². The van der Waals surface area contributed by atoms with Crippen LogP contribution < -0.4 is 21.1 Å². The van der Waals surface area contributed by atoms with Crippen LogP contribution in [0.5, 0.6) is 5.75 Å². The molecule has 4 N–H and O–H groups in total. The van der Waals surface area contributed by atoms with Crippen LogP contribution in [0.1, 0.15) is 81.0 Å². The van der Waals surface area contributed by atoms with Crippen molar-refractivity contribution in [3.05, 3.63) is 88.1 Å². The molecule has 4 aliphatic carbocycles. The molecule has 9 nitrogen and oxygen atoms in total. The minimum atomic E-state index is -0.699. The number of carbonyl (C=O) groups excluding carboxylic acids is 3. The van der Waals surface area contributed by atoms with Crippen LogP contribution in [0.4, 0.5) is 5.69 Å². The molecule has 4 aromatic rings. The van der Waals surface area contributed by atoms with Crippen molar-refractivity contribution in [3.8, 4) is 27.3 Å². The van der Waals surface area contributed by atoms with Gasteiger partial charge in [-0.25, -0.2) is 9.78 Å². The number of nitrogens with zero attached hydrogens (tertiary/aromatic N) is 1. The third-order valence-corrected chi connectivity index (χ3v) is 11.6. The van der Waals surface area contributed by atoms with Crippen molar-refractivity contribution in [1.82, 2.24) is 10.3 Å². The minimum Gasteiger partial charge on any atom is -0.493 e. The third-order valence-electron chi connectivity index (χ3n) is 10.6. The van der Waals surface area contributed by atoms with E-state index in [1.807, 2.05) is 35.7 Å². The van der Waals surface area contributed by atoms with Gasteiger partial charge in [0.25, 0.3) is 11.8 Å². The molecule has 0 atom stereocenters. The quantitative estimate of drug-likeness (QED) is 0.190. The number of esters is 1. The van der Waals surface area contributed by atoms with E-state index in [0.717, 1.165) is 47.3 Å². The number of amides is 2. The fourth-order valence-electron chi connectivity index (χ4n) is 8.87. The van der Waals surface area contributed by atoms with Gasteiger partial charge in [0.15, 0.2) is 5.69 Å². The van der Waals surface area contributed by atoms with Crippen LogP contribution in [0, 0.1) is 17.8 Å². The number of nitrogens with two attached hydrogens (primary N) is 1. The predicted octanol–water partition coefficient (Wildman–Crippen LogP) is 6.61. The second-order valence-electron chi connectivity index (χ2n) is 13.9. The van der Waals surface area contributed by atoms with E-state index in [1.165, 1.54) is 26.4 Å². The molecule has 0 spiro atoms. The number of fused-ring (bicyclic) bond motifs is 3. The molecule has 3 heterocycles. The SMILES string of the molecule is COC(=O)c1nc(C(=O)NC23CC4CC(CC(C4)C2)C3)ccc1-c1cc2c(cc1C(=O)Nc1ccc(CN)cc1)-c1sccc1CCO2. The number of benzene rings is 2. The van der Waals surface area contributed by atoms with E-state index < -0.39 is 5.97 Å². The molecular weight excluding hydrogens is 625 g/mol. The van der Waals surface area contributed by atoms with Gasteiger partial charge in [-0.1, -0.05) is 12.1 Å². The number of aromatic nitrogens is 1. The lowest BCUT2D eigenvalue weighted by molar-refractivity contribution is -0.0167. The summed E-state index contributed by atoms with van der Waals surface area (Å²) >= 11 is 1.60. The van der Waals surface area contributed by atoms with Gasteiger partial charge < -0.3 is 25.8 Å². The predicted molar refractivity (Wildman–Crippen MR) is 184 cm³/mol. The first-order valence-corrected chi connectivity index (χ1v) is 17.6. The number of carbonyl (C=O) groups is 3. The van der Waals surface area contributed by atoms with E-state index in [4.69, 9.17) is 15.2 Å². The molecule has 4 fully saturated rings. The topological polar surface area (TPSA) is 133 Å². The van der Waals surface area contributed by atoms with Gasteiger partial charge in [-0.15, -0.1) is 11.3 Å². The summed E-state index contributed by atoms with van der Waals surface area (Å²) in [5.41, 5.74) is 10.3.